The second-order valence-electron chi connectivity index (χ2n) is 7.54. The second kappa shape index (κ2) is 9.05. The monoisotopic (exact) mass is 521 g/mol. The molecule has 0 radical (unpaired) electrons. The molecule has 11 heteroatoms. The van der Waals surface area contributed by atoms with Crippen molar-refractivity contribution in [3.63, 3.8) is 0 Å². The number of alkyl halides is 2. The number of sulfonamides is 1. The van der Waals surface area contributed by atoms with Crippen LogP contribution in [-0.2, 0) is 16.4 Å². The van der Waals surface area contributed by atoms with E-state index in [1.807, 2.05) is 0 Å². The van der Waals surface area contributed by atoms with Crippen molar-refractivity contribution in [1.29, 1.82) is 0 Å². The van der Waals surface area contributed by atoms with E-state index >= 15 is 4.39 Å². The van der Waals surface area contributed by atoms with Crippen molar-refractivity contribution in [2.75, 3.05) is 23.6 Å². The van der Waals surface area contributed by atoms with E-state index in [-0.39, 0.29) is 23.4 Å². The summed E-state index contributed by atoms with van der Waals surface area (Å²) in [6, 6.07) is 4.89. The number of aliphatic hydroxyl groups is 1. The fraction of sp³-hybridized carbons (Fsp3) is 0.450. The molecule has 1 aliphatic heterocycles. The van der Waals surface area contributed by atoms with Gasteiger partial charge in [0.2, 0.25) is 10.0 Å². The molecule has 0 aliphatic carbocycles. The Balaban J connectivity index is 2.13. The van der Waals surface area contributed by atoms with E-state index in [2.05, 4.69) is 25.6 Å². The van der Waals surface area contributed by atoms with Crippen LogP contribution in [0.2, 0.25) is 0 Å². The molecule has 0 saturated carbocycles. The minimum absolute atomic E-state index is 0.0946. The van der Waals surface area contributed by atoms with Gasteiger partial charge in [-0.2, -0.15) is 0 Å². The molecule has 3 rings (SSSR count). The number of rotatable bonds is 7. The van der Waals surface area contributed by atoms with Gasteiger partial charge in [-0.25, -0.2) is 21.6 Å². The summed E-state index contributed by atoms with van der Waals surface area (Å²) in [5.41, 5.74) is 0.941. The molecular weight excluding hydrogens is 499 g/mol. The average molecular weight is 522 g/mol. The summed E-state index contributed by atoms with van der Waals surface area (Å²) >= 11 is 3.29. The number of pyridine rings is 1. The third-order valence-electron chi connectivity index (χ3n) is 5.29. The lowest BCUT2D eigenvalue weighted by atomic mass is 9.85. The number of nitrogens with one attached hydrogen (secondary N) is 1. The molecule has 1 aromatic carbocycles. The third-order valence-corrected chi connectivity index (χ3v) is 7.05. The summed E-state index contributed by atoms with van der Waals surface area (Å²) in [5.74, 6) is -4.29. The molecule has 1 aromatic heterocycles. The van der Waals surface area contributed by atoms with Crippen LogP contribution in [-0.4, -0.2) is 54.3 Å². The SMILES string of the molecule is CCS(=O)(=O)Nc1ccc2c(c1F)C[C@@H](C)N(CC(F)(F)CO)[C@@H]2c1ccc(Br)cn1. The van der Waals surface area contributed by atoms with Crippen molar-refractivity contribution < 1.29 is 26.7 Å². The summed E-state index contributed by atoms with van der Waals surface area (Å²) < 4.78 is 70.3. The maximum atomic E-state index is 15.3. The van der Waals surface area contributed by atoms with Crippen LogP contribution in [0.3, 0.4) is 0 Å². The van der Waals surface area contributed by atoms with Gasteiger partial charge in [0.1, 0.15) is 6.61 Å². The van der Waals surface area contributed by atoms with Crippen LogP contribution in [0.5, 0.6) is 0 Å². The summed E-state index contributed by atoms with van der Waals surface area (Å²) in [7, 11) is -3.69. The lowest BCUT2D eigenvalue weighted by Gasteiger charge is -2.43. The zero-order chi connectivity index (χ0) is 23.0. The Morgan fingerprint density at radius 1 is 1.32 bits per heavy atom. The number of fused-ring (bicyclic) bond motifs is 1. The van der Waals surface area contributed by atoms with Crippen LogP contribution in [0.1, 0.15) is 36.7 Å². The molecule has 6 nitrogen and oxygen atoms in total. The average Bonchev–Trinajstić information content (AvgIpc) is 2.72. The van der Waals surface area contributed by atoms with Gasteiger partial charge in [0.25, 0.3) is 5.92 Å². The Labute approximate surface area is 187 Å². The molecule has 0 fully saturated rings. The first kappa shape index (κ1) is 24.0. The van der Waals surface area contributed by atoms with Crippen molar-refractivity contribution >= 4 is 31.6 Å². The van der Waals surface area contributed by atoms with Gasteiger partial charge in [-0.15, -0.1) is 0 Å². The molecule has 170 valence electrons. The number of halogens is 4. The van der Waals surface area contributed by atoms with Gasteiger partial charge in [-0.05, 0) is 65.5 Å². The normalized spacial score (nSPS) is 19.8. The van der Waals surface area contributed by atoms with E-state index in [0.29, 0.717) is 15.7 Å². The number of benzene rings is 1. The van der Waals surface area contributed by atoms with Gasteiger partial charge in [0.15, 0.2) is 5.82 Å². The van der Waals surface area contributed by atoms with Crippen LogP contribution < -0.4 is 4.72 Å². The van der Waals surface area contributed by atoms with Gasteiger partial charge in [0, 0.05) is 16.7 Å². The van der Waals surface area contributed by atoms with Crippen molar-refractivity contribution in [2.45, 2.75) is 38.3 Å². The predicted molar refractivity (Wildman–Crippen MR) is 115 cm³/mol. The largest absolute Gasteiger partial charge is 0.390 e. The summed E-state index contributed by atoms with van der Waals surface area (Å²) in [6.45, 7) is 1.08. The first-order chi connectivity index (χ1) is 14.5. The molecule has 0 amide bonds. The van der Waals surface area contributed by atoms with E-state index in [9.17, 15) is 17.2 Å². The minimum atomic E-state index is -3.69. The maximum Gasteiger partial charge on any atom is 0.283 e. The van der Waals surface area contributed by atoms with Crippen molar-refractivity contribution in [2.24, 2.45) is 0 Å². The first-order valence-corrected chi connectivity index (χ1v) is 12.1. The minimum Gasteiger partial charge on any atom is -0.390 e. The molecule has 31 heavy (non-hydrogen) atoms. The van der Waals surface area contributed by atoms with E-state index in [1.54, 1.807) is 19.1 Å². The van der Waals surface area contributed by atoms with Crippen LogP contribution >= 0.6 is 15.9 Å². The van der Waals surface area contributed by atoms with Crippen molar-refractivity contribution in [3.8, 4) is 0 Å². The lowest BCUT2D eigenvalue weighted by molar-refractivity contribution is -0.0866. The highest BCUT2D eigenvalue weighted by atomic mass is 79.9. The molecule has 2 N–H and O–H groups in total. The molecule has 0 unspecified atom stereocenters. The number of hydrogen-bond acceptors (Lipinski definition) is 5. The highest BCUT2D eigenvalue weighted by Crippen LogP contribution is 2.41. The standard InChI is InChI=1S/C20H23BrF3N3O3S/c1-3-31(29,30)26-16-7-5-14-15(18(16)22)8-12(2)27(10-20(23,24)11-28)19(14)17-6-4-13(21)9-25-17/h4-7,9,12,19,26,28H,3,8,10-11H2,1-2H3/t12-,19+/m1/s1. The number of aromatic nitrogens is 1. The second-order valence-corrected chi connectivity index (χ2v) is 10.5. The Bertz CT molecular complexity index is 1050. The quantitative estimate of drug-likeness (QED) is 0.580. The molecule has 2 atom stereocenters. The first-order valence-electron chi connectivity index (χ1n) is 9.65. The Kier molecular flexibility index (Phi) is 6.99. The number of anilines is 1. The third kappa shape index (κ3) is 5.21. The zero-order valence-corrected chi connectivity index (χ0v) is 19.4. The maximum absolute atomic E-state index is 15.3. The Hall–Kier alpha value is -1.69. The van der Waals surface area contributed by atoms with Crippen molar-refractivity contribution in [3.05, 3.63) is 57.6 Å². The van der Waals surface area contributed by atoms with Crippen LogP contribution in [0.4, 0.5) is 18.9 Å². The van der Waals surface area contributed by atoms with Gasteiger partial charge < -0.3 is 5.11 Å². The molecule has 0 bridgehead atoms. The van der Waals surface area contributed by atoms with Gasteiger partial charge in [0.05, 0.1) is 29.7 Å². The smallest absolute Gasteiger partial charge is 0.283 e. The highest BCUT2D eigenvalue weighted by molar-refractivity contribution is 9.10. The molecule has 2 heterocycles. The van der Waals surface area contributed by atoms with Gasteiger partial charge in [-0.3, -0.25) is 14.6 Å². The zero-order valence-electron chi connectivity index (χ0n) is 16.9. The van der Waals surface area contributed by atoms with E-state index in [0.717, 1.165) is 0 Å². The van der Waals surface area contributed by atoms with Gasteiger partial charge >= 0.3 is 0 Å². The molecule has 1 aliphatic rings. The number of hydrogen-bond donors (Lipinski definition) is 2. The molecule has 0 saturated heterocycles. The number of nitrogens with zero attached hydrogens (tertiary/aromatic N) is 2. The molecule has 2 aromatic rings. The fourth-order valence-corrected chi connectivity index (χ4v) is 4.58. The van der Waals surface area contributed by atoms with Gasteiger partial charge in [-0.1, -0.05) is 6.07 Å². The number of aliphatic hydroxyl groups excluding tert-OH is 1. The van der Waals surface area contributed by atoms with E-state index in [4.69, 9.17) is 5.11 Å². The van der Waals surface area contributed by atoms with Crippen LogP contribution in [0.15, 0.2) is 34.9 Å². The lowest BCUT2D eigenvalue weighted by Crippen LogP contribution is -2.49. The molecule has 0 spiro atoms. The Morgan fingerprint density at radius 2 is 2.03 bits per heavy atom. The summed E-state index contributed by atoms with van der Waals surface area (Å²) in [4.78, 5) is 5.83. The Morgan fingerprint density at radius 3 is 2.61 bits per heavy atom. The summed E-state index contributed by atoms with van der Waals surface area (Å²) in [6.07, 6.45) is 1.62. The summed E-state index contributed by atoms with van der Waals surface area (Å²) in [5, 5.41) is 9.09. The molecular formula is C20H23BrF3N3O3S. The van der Waals surface area contributed by atoms with Crippen LogP contribution in [0.25, 0.3) is 0 Å². The van der Waals surface area contributed by atoms with E-state index < -0.39 is 47.0 Å². The topological polar surface area (TPSA) is 82.5 Å². The van der Waals surface area contributed by atoms with Crippen molar-refractivity contribution in [1.82, 2.24) is 9.88 Å². The highest BCUT2D eigenvalue weighted by Gasteiger charge is 2.41. The fourth-order valence-electron chi connectivity index (χ4n) is 3.71. The van der Waals surface area contributed by atoms with E-state index in [1.165, 1.54) is 30.2 Å². The van der Waals surface area contributed by atoms with Crippen LogP contribution in [0, 0.1) is 5.82 Å². The predicted octanol–water partition coefficient (Wildman–Crippen LogP) is 3.71.